The van der Waals surface area contributed by atoms with Crippen molar-refractivity contribution in [2.75, 3.05) is 45.8 Å². The van der Waals surface area contributed by atoms with Gasteiger partial charge in [0.05, 0.1) is 0 Å². The number of hydrogen-bond acceptors (Lipinski definition) is 4. The lowest BCUT2D eigenvalue weighted by Crippen LogP contribution is -2.60. The van der Waals surface area contributed by atoms with Crippen molar-refractivity contribution >= 4 is 12.1 Å². The Kier molecular flexibility index (Phi) is 6.52. The van der Waals surface area contributed by atoms with E-state index >= 15 is 0 Å². The smallest absolute Gasteiger partial charge is 0.411 e. The minimum absolute atomic E-state index is 0.0849. The second-order valence-electron chi connectivity index (χ2n) is 9.78. The molecule has 0 bridgehead atoms. The topological polar surface area (TPSA) is 65.1 Å². The molecule has 2 aromatic carbocycles. The molecule has 184 valence electrons. The number of aryl methyl sites for hydroxylation is 2. The highest BCUT2D eigenvalue weighted by atomic mass is 16.6. The summed E-state index contributed by atoms with van der Waals surface area (Å²) in [7, 11) is 0. The number of rotatable bonds is 5. The third-order valence-corrected chi connectivity index (χ3v) is 7.43. The average Bonchev–Trinajstić information content (AvgIpc) is 3.18. The molecule has 3 amide bonds. The predicted molar refractivity (Wildman–Crippen MR) is 135 cm³/mol. The van der Waals surface area contributed by atoms with Crippen molar-refractivity contribution in [2.45, 2.75) is 31.9 Å². The molecule has 3 aliphatic rings. The van der Waals surface area contributed by atoms with Gasteiger partial charge in [-0.15, -0.1) is 0 Å². The summed E-state index contributed by atoms with van der Waals surface area (Å²) in [6, 6.07) is 15.9. The van der Waals surface area contributed by atoms with Gasteiger partial charge in [0.1, 0.15) is 6.04 Å². The van der Waals surface area contributed by atoms with E-state index in [-0.39, 0.29) is 18.2 Å². The predicted octanol–water partition coefficient (Wildman–Crippen LogP) is 3.65. The van der Waals surface area contributed by atoms with E-state index < -0.39 is 5.60 Å². The summed E-state index contributed by atoms with van der Waals surface area (Å²) < 4.78 is 6.25. The first-order valence-corrected chi connectivity index (χ1v) is 12.5. The maximum atomic E-state index is 13.1. The molecule has 5 rings (SSSR count). The zero-order valence-corrected chi connectivity index (χ0v) is 20.6. The van der Waals surface area contributed by atoms with Gasteiger partial charge in [-0.25, -0.2) is 9.59 Å². The normalized spacial score (nSPS) is 21.5. The van der Waals surface area contributed by atoms with E-state index in [4.69, 9.17) is 4.74 Å². The molecule has 1 unspecified atom stereocenters. The number of hydrogen-bond donors (Lipinski definition) is 1. The number of nitrogens with zero attached hydrogens (tertiary/aromatic N) is 3. The number of amides is 3. The molecule has 0 spiro atoms. The first-order valence-electron chi connectivity index (χ1n) is 12.5. The zero-order chi connectivity index (χ0) is 24.4. The van der Waals surface area contributed by atoms with Gasteiger partial charge < -0.3 is 15.0 Å². The largest absolute Gasteiger partial charge is 0.431 e. The molecule has 3 aliphatic heterocycles. The minimum Gasteiger partial charge on any atom is -0.431 e. The molecular formula is C28H34N4O3. The number of carbonyl (C=O) groups excluding carboxylic acids is 2. The van der Waals surface area contributed by atoms with Crippen LogP contribution in [0.2, 0.25) is 0 Å². The second kappa shape index (κ2) is 9.74. The third kappa shape index (κ3) is 4.52. The van der Waals surface area contributed by atoms with E-state index in [0.717, 1.165) is 48.3 Å². The zero-order valence-electron chi connectivity index (χ0n) is 20.6. The fourth-order valence-electron chi connectivity index (χ4n) is 5.40. The van der Waals surface area contributed by atoms with Crippen LogP contribution in [0, 0.1) is 13.8 Å². The molecule has 0 saturated carbocycles. The van der Waals surface area contributed by atoms with Crippen LogP contribution < -0.4 is 5.32 Å². The third-order valence-electron chi connectivity index (χ3n) is 7.43. The molecule has 0 radical (unpaired) electrons. The van der Waals surface area contributed by atoms with Crippen molar-refractivity contribution in [3.63, 3.8) is 0 Å². The van der Waals surface area contributed by atoms with Crippen molar-refractivity contribution in [2.24, 2.45) is 0 Å². The van der Waals surface area contributed by atoms with Crippen LogP contribution in [0.25, 0.3) is 0 Å². The molecule has 3 heterocycles. The van der Waals surface area contributed by atoms with Gasteiger partial charge in [0.15, 0.2) is 5.60 Å². The summed E-state index contributed by atoms with van der Waals surface area (Å²) in [6.07, 6.45) is 5.12. The Labute approximate surface area is 207 Å². The van der Waals surface area contributed by atoms with Gasteiger partial charge in [-0.1, -0.05) is 71.8 Å². The SMILES string of the molecule is Cc1ccc(C2(c3ccc(C)cc3)OC(=O)N3CCN(C(=O)NCCN4CC=CCC4)CC32)cc1. The van der Waals surface area contributed by atoms with Crippen molar-refractivity contribution in [1.82, 2.24) is 20.0 Å². The van der Waals surface area contributed by atoms with E-state index in [1.165, 1.54) is 0 Å². The molecule has 2 aromatic rings. The van der Waals surface area contributed by atoms with Crippen LogP contribution >= 0.6 is 0 Å². The summed E-state index contributed by atoms with van der Waals surface area (Å²) in [5.74, 6) is 0. The lowest BCUT2D eigenvalue weighted by Gasteiger charge is -2.42. The van der Waals surface area contributed by atoms with Gasteiger partial charge in [0.25, 0.3) is 0 Å². The highest BCUT2D eigenvalue weighted by Crippen LogP contribution is 2.46. The van der Waals surface area contributed by atoms with E-state index in [1.54, 1.807) is 4.90 Å². The molecule has 7 nitrogen and oxygen atoms in total. The van der Waals surface area contributed by atoms with Crippen LogP contribution in [0.3, 0.4) is 0 Å². The Morgan fingerprint density at radius 2 is 1.63 bits per heavy atom. The van der Waals surface area contributed by atoms with E-state index in [0.29, 0.717) is 26.2 Å². The Balaban J connectivity index is 1.39. The summed E-state index contributed by atoms with van der Waals surface area (Å²) in [5, 5.41) is 3.09. The van der Waals surface area contributed by atoms with Crippen molar-refractivity contribution in [3.05, 3.63) is 82.9 Å². The monoisotopic (exact) mass is 474 g/mol. The number of piperazine rings is 1. The molecule has 7 heteroatoms. The summed E-state index contributed by atoms with van der Waals surface area (Å²) in [5.41, 5.74) is 3.16. The maximum absolute atomic E-state index is 13.1. The molecule has 2 fully saturated rings. The number of benzene rings is 2. The van der Waals surface area contributed by atoms with Crippen molar-refractivity contribution in [3.8, 4) is 0 Å². The standard InChI is InChI=1S/C28H34N4O3/c1-21-6-10-23(11-7-21)28(24-12-8-22(2)9-13-24)25-20-31(18-19-32(25)27(34)35-28)26(33)29-14-17-30-15-4-3-5-16-30/h3-4,6-13,25H,5,14-20H2,1-2H3,(H,29,33). The Morgan fingerprint density at radius 3 is 2.23 bits per heavy atom. The molecule has 0 aromatic heterocycles. The maximum Gasteiger partial charge on any atom is 0.411 e. The average molecular weight is 475 g/mol. The fourth-order valence-corrected chi connectivity index (χ4v) is 5.40. The number of carbonyl (C=O) groups is 2. The van der Waals surface area contributed by atoms with Gasteiger partial charge >= 0.3 is 12.1 Å². The van der Waals surface area contributed by atoms with Crippen LogP contribution in [0.1, 0.15) is 28.7 Å². The van der Waals surface area contributed by atoms with Crippen LogP contribution in [-0.4, -0.2) is 78.7 Å². The molecule has 0 aliphatic carbocycles. The van der Waals surface area contributed by atoms with Crippen molar-refractivity contribution in [1.29, 1.82) is 0 Å². The molecular weight excluding hydrogens is 440 g/mol. The van der Waals surface area contributed by atoms with E-state index in [9.17, 15) is 9.59 Å². The minimum atomic E-state index is -0.975. The summed E-state index contributed by atoms with van der Waals surface area (Å²) in [4.78, 5) is 32.2. The number of urea groups is 1. The quantitative estimate of drug-likeness (QED) is 0.672. The molecule has 1 N–H and O–H groups in total. The molecule has 35 heavy (non-hydrogen) atoms. The summed E-state index contributed by atoms with van der Waals surface area (Å²) in [6.45, 7) is 8.84. The van der Waals surface area contributed by atoms with Crippen LogP contribution in [0.4, 0.5) is 9.59 Å². The van der Waals surface area contributed by atoms with Gasteiger partial charge in [-0.3, -0.25) is 9.80 Å². The van der Waals surface area contributed by atoms with E-state index in [1.807, 2.05) is 67.3 Å². The number of cyclic esters (lactones) is 1. The van der Waals surface area contributed by atoms with Gasteiger partial charge in [-0.05, 0) is 20.3 Å². The highest BCUT2D eigenvalue weighted by molar-refractivity contribution is 5.77. The van der Waals surface area contributed by atoms with Gasteiger partial charge in [0, 0.05) is 56.9 Å². The first kappa shape index (κ1) is 23.4. The highest BCUT2D eigenvalue weighted by Gasteiger charge is 2.58. The van der Waals surface area contributed by atoms with Gasteiger partial charge in [0.2, 0.25) is 0 Å². The van der Waals surface area contributed by atoms with Crippen LogP contribution in [0.15, 0.2) is 60.7 Å². The van der Waals surface area contributed by atoms with Gasteiger partial charge in [-0.2, -0.15) is 0 Å². The van der Waals surface area contributed by atoms with Crippen LogP contribution in [-0.2, 0) is 10.3 Å². The summed E-state index contributed by atoms with van der Waals surface area (Å²) >= 11 is 0. The Bertz CT molecular complexity index is 1050. The number of ether oxygens (including phenoxy) is 1. The molecule has 1 atom stereocenters. The van der Waals surface area contributed by atoms with E-state index in [2.05, 4.69) is 22.4 Å². The lowest BCUT2D eigenvalue weighted by molar-refractivity contribution is 0.0511. The number of fused-ring (bicyclic) bond motifs is 1. The second-order valence-corrected chi connectivity index (χ2v) is 9.78. The van der Waals surface area contributed by atoms with Crippen molar-refractivity contribution < 1.29 is 14.3 Å². The lowest BCUT2D eigenvalue weighted by atomic mass is 9.78. The van der Waals surface area contributed by atoms with Crippen LogP contribution in [0.5, 0.6) is 0 Å². The Morgan fingerprint density at radius 1 is 0.971 bits per heavy atom. The number of nitrogens with one attached hydrogen (secondary N) is 1. The fraction of sp³-hybridized carbons (Fsp3) is 0.429. The Hall–Kier alpha value is -3.32. The molecule has 2 saturated heterocycles. The first-order chi connectivity index (χ1) is 17.0.